The normalized spacial score (nSPS) is 11.7. The Morgan fingerprint density at radius 2 is 1.53 bits per heavy atom. The highest BCUT2D eigenvalue weighted by atomic mass is 32.2. The van der Waals surface area contributed by atoms with Crippen LogP contribution in [0.15, 0.2) is 102 Å². The number of thioether (sulfide) groups is 1. The summed E-state index contributed by atoms with van der Waals surface area (Å²) >= 11 is 1.46. The van der Waals surface area contributed by atoms with E-state index >= 15 is 0 Å². The molecule has 5 heteroatoms. The minimum atomic E-state index is -0.302. The van der Waals surface area contributed by atoms with Crippen molar-refractivity contribution in [3.05, 3.63) is 103 Å². The van der Waals surface area contributed by atoms with Crippen LogP contribution < -0.4 is 10.6 Å². The Morgan fingerprint density at radius 1 is 0.812 bits per heavy atom. The molecule has 4 aromatic carbocycles. The molecule has 4 rings (SSSR count). The van der Waals surface area contributed by atoms with Gasteiger partial charge in [-0.3, -0.25) is 9.59 Å². The Morgan fingerprint density at radius 3 is 2.38 bits per heavy atom. The third-order valence-electron chi connectivity index (χ3n) is 5.05. The average molecular weight is 441 g/mol. The molecule has 0 bridgehead atoms. The van der Waals surface area contributed by atoms with Crippen LogP contribution in [0.4, 0.5) is 11.4 Å². The first-order valence-electron chi connectivity index (χ1n) is 10.5. The van der Waals surface area contributed by atoms with Crippen LogP contribution in [0.3, 0.4) is 0 Å². The van der Waals surface area contributed by atoms with E-state index in [9.17, 15) is 9.59 Å². The largest absolute Gasteiger partial charge is 0.326 e. The summed E-state index contributed by atoms with van der Waals surface area (Å²) < 4.78 is 0. The SMILES string of the molecule is CC(Sc1cccc(NC(=O)Cc2ccccc2)c1)C(=O)Nc1cccc2ccccc12. The quantitative estimate of drug-likeness (QED) is 0.339. The van der Waals surface area contributed by atoms with Crippen molar-refractivity contribution in [2.75, 3.05) is 10.6 Å². The maximum Gasteiger partial charge on any atom is 0.237 e. The zero-order valence-corrected chi connectivity index (χ0v) is 18.6. The van der Waals surface area contributed by atoms with Gasteiger partial charge < -0.3 is 10.6 Å². The van der Waals surface area contributed by atoms with E-state index in [1.807, 2.05) is 104 Å². The summed E-state index contributed by atoms with van der Waals surface area (Å²) in [6, 6.07) is 31.1. The summed E-state index contributed by atoms with van der Waals surface area (Å²) in [6.45, 7) is 1.88. The maximum absolute atomic E-state index is 12.8. The number of amides is 2. The summed E-state index contributed by atoms with van der Waals surface area (Å²) in [5, 5.41) is 7.79. The summed E-state index contributed by atoms with van der Waals surface area (Å²) in [4.78, 5) is 26.1. The number of anilines is 2. The van der Waals surface area contributed by atoms with E-state index in [0.717, 1.165) is 32.6 Å². The van der Waals surface area contributed by atoms with Crippen LogP contribution in [-0.4, -0.2) is 17.1 Å². The molecule has 0 aliphatic carbocycles. The van der Waals surface area contributed by atoms with E-state index in [1.54, 1.807) is 0 Å². The molecule has 0 spiro atoms. The Bertz CT molecular complexity index is 1240. The molecule has 0 radical (unpaired) electrons. The van der Waals surface area contributed by atoms with E-state index in [1.165, 1.54) is 11.8 Å². The van der Waals surface area contributed by atoms with Crippen LogP contribution in [0.1, 0.15) is 12.5 Å². The van der Waals surface area contributed by atoms with Gasteiger partial charge in [0.05, 0.1) is 11.7 Å². The van der Waals surface area contributed by atoms with E-state index in [4.69, 9.17) is 0 Å². The van der Waals surface area contributed by atoms with Gasteiger partial charge in [-0.1, -0.05) is 72.8 Å². The molecule has 0 aromatic heterocycles. The van der Waals surface area contributed by atoms with Crippen LogP contribution in [0, 0.1) is 0 Å². The predicted molar refractivity (Wildman–Crippen MR) is 133 cm³/mol. The summed E-state index contributed by atoms with van der Waals surface area (Å²) in [5.41, 5.74) is 2.49. The third kappa shape index (κ3) is 5.56. The second-order valence-electron chi connectivity index (χ2n) is 7.51. The van der Waals surface area contributed by atoms with Crippen LogP contribution in [-0.2, 0) is 16.0 Å². The van der Waals surface area contributed by atoms with Crippen molar-refractivity contribution in [3.63, 3.8) is 0 Å². The highest BCUT2D eigenvalue weighted by molar-refractivity contribution is 8.00. The van der Waals surface area contributed by atoms with Crippen LogP contribution in [0.2, 0.25) is 0 Å². The fourth-order valence-electron chi connectivity index (χ4n) is 3.46. The molecule has 1 unspecified atom stereocenters. The van der Waals surface area contributed by atoms with Crippen LogP contribution in [0.5, 0.6) is 0 Å². The third-order valence-corrected chi connectivity index (χ3v) is 6.15. The first-order chi connectivity index (χ1) is 15.6. The van der Waals surface area contributed by atoms with Gasteiger partial charge in [0.15, 0.2) is 0 Å². The molecule has 1 atom stereocenters. The molecule has 0 fully saturated rings. The van der Waals surface area contributed by atoms with Crippen molar-refractivity contribution in [2.24, 2.45) is 0 Å². The zero-order valence-electron chi connectivity index (χ0n) is 17.7. The van der Waals surface area contributed by atoms with Gasteiger partial charge in [0, 0.05) is 21.7 Å². The smallest absolute Gasteiger partial charge is 0.237 e. The number of carbonyl (C=O) groups is 2. The van der Waals surface area contributed by atoms with E-state index in [-0.39, 0.29) is 17.1 Å². The second-order valence-corrected chi connectivity index (χ2v) is 8.93. The zero-order chi connectivity index (χ0) is 22.3. The Hall–Kier alpha value is -3.57. The Balaban J connectivity index is 1.38. The number of benzene rings is 4. The van der Waals surface area contributed by atoms with Crippen LogP contribution >= 0.6 is 11.8 Å². The molecule has 160 valence electrons. The van der Waals surface area contributed by atoms with Crippen molar-refractivity contribution in [1.82, 2.24) is 0 Å². The van der Waals surface area contributed by atoms with Crippen molar-refractivity contribution >= 4 is 45.7 Å². The molecule has 0 heterocycles. The van der Waals surface area contributed by atoms with Gasteiger partial charge in [-0.2, -0.15) is 0 Å². The molecule has 4 nitrogen and oxygen atoms in total. The second kappa shape index (κ2) is 10.2. The first-order valence-corrected chi connectivity index (χ1v) is 11.4. The maximum atomic E-state index is 12.8. The predicted octanol–water partition coefficient (Wildman–Crippen LogP) is 6.14. The Kier molecular flexibility index (Phi) is 6.87. The van der Waals surface area contributed by atoms with E-state index in [2.05, 4.69) is 10.6 Å². The molecule has 2 N–H and O–H groups in total. The van der Waals surface area contributed by atoms with Gasteiger partial charge in [-0.25, -0.2) is 0 Å². The summed E-state index contributed by atoms with van der Waals surface area (Å²) in [5.74, 6) is -0.134. The lowest BCUT2D eigenvalue weighted by Gasteiger charge is -2.14. The molecule has 0 saturated heterocycles. The number of fused-ring (bicyclic) bond motifs is 1. The number of nitrogens with one attached hydrogen (secondary N) is 2. The van der Waals surface area contributed by atoms with Gasteiger partial charge in [0.25, 0.3) is 0 Å². The fraction of sp³-hybridized carbons (Fsp3) is 0.111. The lowest BCUT2D eigenvalue weighted by molar-refractivity contribution is -0.116. The molecule has 0 saturated carbocycles. The fourth-order valence-corrected chi connectivity index (χ4v) is 4.39. The van der Waals surface area contributed by atoms with Crippen molar-refractivity contribution in [1.29, 1.82) is 0 Å². The molecule has 0 aliphatic heterocycles. The van der Waals surface area contributed by atoms with Gasteiger partial charge in [-0.15, -0.1) is 11.8 Å². The Labute approximate surface area is 192 Å². The minimum Gasteiger partial charge on any atom is -0.326 e. The lowest BCUT2D eigenvalue weighted by Crippen LogP contribution is -2.22. The molecule has 0 aliphatic rings. The topological polar surface area (TPSA) is 58.2 Å². The number of carbonyl (C=O) groups excluding carboxylic acids is 2. The number of hydrogen-bond acceptors (Lipinski definition) is 3. The number of hydrogen-bond donors (Lipinski definition) is 2. The first kappa shape index (κ1) is 21.7. The molecule has 32 heavy (non-hydrogen) atoms. The standard InChI is InChI=1S/C27H24N2O2S/c1-19(27(31)29-25-16-7-12-21-11-5-6-15-24(21)25)32-23-14-8-13-22(18-23)28-26(30)17-20-9-3-2-4-10-20/h2-16,18-19H,17H2,1H3,(H,28,30)(H,29,31). The van der Waals surface area contributed by atoms with E-state index < -0.39 is 0 Å². The molecule has 4 aromatic rings. The summed E-state index contributed by atoms with van der Waals surface area (Å²) in [6.07, 6.45) is 0.321. The number of rotatable bonds is 7. The van der Waals surface area contributed by atoms with Gasteiger partial charge in [0.1, 0.15) is 0 Å². The molecular weight excluding hydrogens is 416 g/mol. The van der Waals surface area contributed by atoms with Gasteiger partial charge >= 0.3 is 0 Å². The summed E-state index contributed by atoms with van der Waals surface area (Å²) in [7, 11) is 0. The highest BCUT2D eigenvalue weighted by Gasteiger charge is 2.16. The monoisotopic (exact) mass is 440 g/mol. The lowest BCUT2D eigenvalue weighted by atomic mass is 10.1. The van der Waals surface area contributed by atoms with Crippen molar-refractivity contribution in [3.8, 4) is 0 Å². The molecule has 2 amide bonds. The van der Waals surface area contributed by atoms with Crippen LogP contribution in [0.25, 0.3) is 10.8 Å². The molecular formula is C27H24N2O2S. The van der Waals surface area contributed by atoms with Crippen molar-refractivity contribution < 1.29 is 9.59 Å². The minimum absolute atomic E-state index is 0.0649. The van der Waals surface area contributed by atoms with Crippen molar-refractivity contribution in [2.45, 2.75) is 23.5 Å². The van der Waals surface area contributed by atoms with Gasteiger partial charge in [0.2, 0.25) is 11.8 Å². The van der Waals surface area contributed by atoms with E-state index in [0.29, 0.717) is 6.42 Å². The van der Waals surface area contributed by atoms with Gasteiger partial charge in [-0.05, 0) is 42.1 Å². The average Bonchev–Trinajstić information content (AvgIpc) is 2.80. The highest BCUT2D eigenvalue weighted by Crippen LogP contribution is 2.28.